The summed E-state index contributed by atoms with van der Waals surface area (Å²) in [5, 5.41) is 9.82. The molecule has 2 N–H and O–H groups in total. The van der Waals surface area contributed by atoms with Gasteiger partial charge in [-0.2, -0.15) is 0 Å². The summed E-state index contributed by atoms with van der Waals surface area (Å²) in [6.45, 7) is 2.64. The highest BCUT2D eigenvalue weighted by molar-refractivity contribution is 7.89. The topological polar surface area (TPSA) is 104 Å². The number of unbranched alkanes of at least 4 members (excludes halogenated alkanes) is 2. The molecule has 0 radical (unpaired) electrons. The van der Waals surface area contributed by atoms with Crippen LogP contribution >= 0.6 is 0 Å². The van der Waals surface area contributed by atoms with Gasteiger partial charge in [0.25, 0.3) is 5.91 Å². The Balaban J connectivity index is 1.82. The lowest BCUT2D eigenvalue weighted by molar-refractivity contribution is -0.137. The van der Waals surface area contributed by atoms with E-state index in [-0.39, 0.29) is 23.8 Å². The predicted octanol–water partition coefficient (Wildman–Crippen LogP) is 2.74. The van der Waals surface area contributed by atoms with Crippen LogP contribution in [-0.4, -0.2) is 38.5 Å². The molecule has 2 aromatic rings. The van der Waals surface area contributed by atoms with Crippen molar-refractivity contribution in [1.82, 2.24) is 4.72 Å². The van der Waals surface area contributed by atoms with Crippen molar-refractivity contribution in [3.8, 4) is 0 Å². The molecule has 0 aliphatic carbocycles. The molecule has 0 unspecified atom stereocenters. The monoisotopic (exact) mass is 390 g/mol. The molecule has 1 heterocycles. The maximum absolute atomic E-state index is 12.8. The molecule has 0 atom stereocenters. The van der Waals surface area contributed by atoms with Crippen molar-refractivity contribution in [2.24, 2.45) is 0 Å². The van der Waals surface area contributed by atoms with Crippen molar-refractivity contribution >= 4 is 38.4 Å². The van der Waals surface area contributed by atoms with E-state index in [1.807, 2.05) is 6.92 Å². The molecule has 1 aliphatic rings. The number of nitrogens with zero attached hydrogens (tertiary/aromatic N) is 1. The van der Waals surface area contributed by atoms with Crippen molar-refractivity contribution in [1.29, 1.82) is 0 Å². The van der Waals surface area contributed by atoms with Crippen LogP contribution in [0.4, 0.5) is 5.69 Å². The molecule has 0 bridgehead atoms. The van der Waals surface area contributed by atoms with Crippen molar-refractivity contribution in [3.63, 3.8) is 0 Å². The number of hydrogen-bond donors (Lipinski definition) is 2. The summed E-state index contributed by atoms with van der Waals surface area (Å²) in [4.78, 5) is 24.8. The zero-order chi connectivity index (χ0) is 19.6. The summed E-state index contributed by atoms with van der Waals surface area (Å²) in [5.74, 6) is -0.960. The average molecular weight is 390 g/mol. The second-order valence-electron chi connectivity index (χ2n) is 6.46. The van der Waals surface area contributed by atoms with Gasteiger partial charge < -0.3 is 10.0 Å². The largest absolute Gasteiger partial charge is 0.481 e. The first-order valence-corrected chi connectivity index (χ1v) is 10.4. The molecular weight excluding hydrogens is 368 g/mol. The van der Waals surface area contributed by atoms with E-state index >= 15 is 0 Å². The van der Waals surface area contributed by atoms with Crippen LogP contribution in [0.5, 0.6) is 0 Å². The number of rotatable bonds is 9. The van der Waals surface area contributed by atoms with E-state index in [4.69, 9.17) is 5.11 Å². The first-order chi connectivity index (χ1) is 12.9. The summed E-state index contributed by atoms with van der Waals surface area (Å²) < 4.78 is 28.1. The number of amides is 1. The van der Waals surface area contributed by atoms with E-state index in [0.29, 0.717) is 42.1 Å². The van der Waals surface area contributed by atoms with Gasteiger partial charge in [-0.25, -0.2) is 13.1 Å². The van der Waals surface area contributed by atoms with Crippen LogP contribution < -0.4 is 9.62 Å². The maximum atomic E-state index is 12.8. The molecule has 0 fully saturated rings. The normalized spacial score (nSPS) is 13.5. The third-order valence-corrected chi connectivity index (χ3v) is 6.23. The van der Waals surface area contributed by atoms with Crippen LogP contribution in [-0.2, 0) is 14.8 Å². The Labute approximate surface area is 158 Å². The number of aliphatic carboxylic acids is 1. The van der Waals surface area contributed by atoms with E-state index in [1.165, 1.54) is 6.07 Å². The van der Waals surface area contributed by atoms with Gasteiger partial charge in [0.15, 0.2) is 0 Å². The lowest BCUT2D eigenvalue weighted by atomic mass is 10.1. The molecule has 7 nitrogen and oxygen atoms in total. The van der Waals surface area contributed by atoms with Gasteiger partial charge in [-0.05, 0) is 38.0 Å². The highest BCUT2D eigenvalue weighted by atomic mass is 32.2. The van der Waals surface area contributed by atoms with Crippen molar-refractivity contribution < 1.29 is 23.1 Å². The van der Waals surface area contributed by atoms with Crippen LogP contribution in [0.25, 0.3) is 10.8 Å². The van der Waals surface area contributed by atoms with E-state index in [9.17, 15) is 18.0 Å². The third kappa shape index (κ3) is 3.68. The summed E-state index contributed by atoms with van der Waals surface area (Å²) in [7, 11) is -3.73. The van der Waals surface area contributed by atoms with Gasteiger partial charge in [-0.15, -0.1) is 0 Å². The Morgan fingerprint density at radius 2 is 1.93 bits per heavy atom. The molecule has 3 rings (SSSR count). The van der Waals surface area contributed by atoms with Gasteiger partial charge in [-0.1, -0.05) is 18.6 Å². The molecule has 0 aromatic heterocycles. The Kier molecular flexibility index (Phi) is 5.48. The highest BCUT2D eigenvalue weighted by Gasteiger charge is 2.31. The Bertz CT molecular complexity index is 1000. The zero-order valence-electron chi connectivity index (χ0n) is 15.1. The van der Waals surface area contributed by atoms with E-state index < -0.39 is 16.0 Å². The number of anilines is 1. The summed E-state index contributed by atoms with van der Waals surface area (Å²) in [6, 6.07) is 8.35. The SMILES string of the molecule is CCN1C(=O)c2cccc3c(S(=O)(=O)NCCCCCC(=O)O)ccc1c23. The number of benzene rings is 2. The molecule has 0 spiro atoms. The molecular formula is C19H22N2O5S. The average Bonchev–Trinajstić information content (AvgIpc) is 2.91. The molecule has 8 heteroatoms. The quantitative estimate of drug-likeness (QED) is 0.641. The first kappa shape index (κ1) is 19.3. The number of carboxylic acids is 1. The van der Waals surface area contributed by atoms with Crippen LogP contribution in [0, 0.1) is 0 Å². The molecule has 1 aliphatic heterocycles. The first-order valence-electron chi connectivity index (χ1n) is 8.96. The molecule has 0 saturated heterocycles. The van der Waals surface area contributed by atoms with Gasteiger partial charge in [0.2, 0.25) is 10.0 Å². The van der Waals surface area contributed by atoms with Crippen LogP contribution in [0.2, 0.25) is 0 Å². The number of carbonyl (C=O) groups is 2. The minimum Gasteiger partial charge on any atom is -0.481 e. The van der Waals surface area contributed by atoms with Gasteiger partial charge in [0.1, 0.15) is 0 Å². The van der Waals surface area contributed by atoms with Crippen LogP contribution in [0.1, 0.15) is 43.0 Å². The molecule has 27 heavy (non-hydrogen) atoms. The van der Waals surface area contributed by atoms with Crippen molar-refractivity contribution in [2.45, 2.75) is 37.5 Å². The molecule has 2 aromatic carbocycles. The predicted molar refractivity (Wildman–Crippen MR) is 103 cm³/mol. The van der Waals surface area contributed by atoms with E-state index in [1.54, 1.807) is 29.2 Å². The maximum Gasteiger partial charge on any atom is 0.303 e. The zero-order valence-corrected chi connectivity index (χ0v) is 15.9. The van der Waals surface area contributed by atoms with E-state index in [2.05, 4.69) is 4.72 Å². The minimum absolute atomic E-state index is 0.0869. The number of sulfonamides is 1. The molecule has 1 amide bonds. The number of hydrogen-bond acceptors (Lipinski definition) is 4. The fourth-order valence-corrected chi connectivity index (χ4v) is 4.71. The van der Waals surface area contributed by atoms with Crippen LogP contribution in [0.3, 0.4) is 0 Å². The Morgan fingerprint density at radius 1 is 1.15 bits per heavy atom. The molecule has 144 valence electrons. The standard InChI is InChI=1S/C19H22N2O5S/c1-2-21-15-10-11-16(13-7-6-8-14(18(13)15)19(21)24)27(25,26)20-12-5-3-4-9-17(22)23/h6-8,10-11,20H,2-5,9,12H2,1H3,(H,22,23). The van der Waals surface area contributed by atoms with Gasteiger partial charge in [0, 0.05) is 35.8 Å². The summed E-state index contributed by atoms with van der Waals surface area (Å²) in [6.07, 6.45) is 1.81. The van der Waals surface area contributed by atoms with Crippen molar-refractivity contribution in [2.75, 3.05) is 18.0 Å². The summed E-state index contributed by atoms with van der Waals surface area (Å²) in [5.41, 5.74) is 1.26. The van der Waals surface area contributed by atoms with E-state index in [0.717, 1.165) is 5.69 Å². The fraction of sp³-hybridized carbons (Fsp3) is 0.368. The highest BCUT2D eigenvalue weighted by Crippen LogP contribution is 2.39. The number of carbonyl (C=O) groups excluding carboxylic acids is 1. The Morgan fingerprint density at radius 3 is 2.63 bits per heavy atom. The minimum atomic E-state index is -3.73. The fourth-order valence-electron chi connectivity index (χ4n) is 3.43. The Hall–Kier alpha value is -2.45. The van der Waals surface area contributed by atoms with Gasteiger partial charge >= 0.3 is 5.97 Å². The van der Waals surface area contributed by atoms with Gasteiger partial charge in [-0.3, -0.25) is 9.59 Å². The van der Waals surface area contributed by atoms with Crippen molar-refractivity contribution in [3.05, 3.63) is 35.9 Å². The molecule has 0 saturated carbocycles. The lowest BCUT2D eigenvalue weighted by Crippen LogP contribution is -2.26. The number of nitrogens with one attached hydrogen (secondary N) is 1. The third-order valence-electron chi connectivity index (χ3n) is 4.71. The lowest BCUT2D eigenvalue weighted by Gasteiger charge is -2.15. The second-order valence-corrected chi connectivity index (χ2v) is 8.20. The van der Waals surface area contributed by atoms with Crippen LogP contribution in [0.15, 0.2) is 35.2 Å². The summed E-state index contributed by atoms with van der Waals surface area (Å²) >= 11 is 0. The second kappa shape index (κ2) is 7.66. The van der Waals surface area contributed by atoms with Gasteiger partial charge in [0.05, 0.1) is 10.6 Å². The number of carboxylic acid groups (broad SMARTS) is 1. The smallest absolute Gasteiger partial charge is 0.303 e.